The maximum atomic E-state index is 3.27. The topological polar surface area (TPSA) is 0 Å². The van der Waals surface area contributed by atoms with E-state index in [-0.39, 0.29) is 0 Å². The van der Waals surface area contributed by atoms with E-state index in [9.17, 15) is 0 Å². The molecule has 186 valence electrons. The molecule has 0 saturated heterocycles. The summed E-state index contributed by atoms with van der Waals surface area (Å²) in [5.74, 6) is 6.50. The van der Waals surface area contributed by atoms with Gasteiger partial charge < -0.3 is 0 Å². The van der Waals surface area contributed by atoms with Gasteiger partial charge in [0.25, 0.3) is 0 Å². The summed E-state index contributed by atoms with van der Waals surface area (Å²) in [6, 6.07) is 19.0. The number of aryl methyl sites for hydroxylation is 1. The predicted molar refractivity (Wildman–Crippen MR) is 151 cm³/mol. The summed E-state index contributed by atoms with van der Waals surface area (Å²) in [6.45, 7) is 2.30. The molecule has 2 aromatic rings. The van der Waals surface area contributed by atoms with Gasteiger partial charge >= 0.3 is 0 Å². The van der Waals surface area contributed by atoms with Crippen LogP contribution in [0.1, 0.15) is 139 Å². The molecule has 0 unspecified atom stereocenters. The summed E-state index contributed by atoms with van der Waals surface area (Å²) in [6.07, 6.45) is 27.0. The summed E-state index contributed by atoms with van der Waals surface area (Å²) in [5.41, 5.74) is 3.62. The fourth-order valence-corrected chi connectivity index (χ4v) is 4.65. The Morgan fingerprint density at radius 2 is 0.794 bits per heavy atom. The van der Waals surface area contributed by atoms with Crippen LogP contribution in [0.5, 0.6) is 0 Å². The number of hydrogen-bond acceptors (Lipinski definition) is 0. The largest absolute Gasteiger partial charge is 0.0654 e. The first kappa shape index (κ1) is 28.2. The standard InChI is InChI=1S/C34H50/c1-2-3-4-5-6-7-8-9-10-11-12-13-14-15-16-17-18-20-25-33-27-30-34(31-28-33)29-26-32-23-21-19-22-24-32/h19,21-24,27-28,30-31H,2-18,20,25H2,1H3. The minimum Gasteiger partial charge on any atom is -0.0654 e. The number of rotatable bonds is 19. The third-order valence-corrected chi connectivity index (χ3v) is 6.90. The van der Waals surface area contributed by atoms with Gasteiger partial charge in [0.2, 0.25) is 0 Å². The quantitative estimate of drug-likeness (QED) is 0.145. The van der Waals surface area contributed by atoms with E-state index in [0.29, 0.717) is 0 Å². The molecular weight excluding hydrogens is 408 g/mol. The first-order valence-electron chi connectivity index (χ1n) is 14.5. The summed E-state index contributed by atoms with van der Waals surface area (Å²) in [4.78, 5) is 0. The molecule has 0 saturated carbocycles. The van der Waals surface area contributed by atoms with Crippen molar-refractivity contribution in [2.24, 2.45) is 0 Å². The van der Waals surface area contributed by atoms with Crippen molar-refractivity contribution < 1.29 is 0 Å². The Bertz CT molecular complexity index is 759. The van der Waals surface area contributed by atoms with Crippen molar-refractivity contribution in [2.75, 3.05) is 0 Å². The molecular formula is C34H50. The molecule has 0 aromatic heterocycles. The van der Waals surface area contributed by atoms with Gasteiger partial charge in [-0.05, 0) is 42.7 Å². The van der Waals surface area contributed by atoms with Crippen LogP contribution < -0.4 is 0 Å². The second-order valence-electron chi connectivity index (χ2n) is 10.1. The molecule has 2 aromatic carbocycles. The average molecular weight is 459 g/mol. The lowest BCUT2D eigenvalue weighted by Crippen LogP contribution is -1.87. The van der Waals surface area contributed by atoms with Crippen LogP contribution in [0.25, 0.3) is 0 Å². The molecule has 0 heteroatoms. The summed E-state index contributed by atoms with van der Waals surface area (Å²) >= 11 is 0. The second kappa shape index (κ2) is 20.4. The van der Waals surface area contributed by atoms with Gasteiger partial charge in [-0.3, -0.25) is 0 Å². The maximum Gasteiger partial charge on any atom is 0.0249 e. The summed E-state index contributed by atoms with van der Waals surface area (Å²) in [7, 11) is 0. The highest BCUT2D eigenvalue weighted by Gasteiger charge is 1.97. The Balaban J connectivity index is 1.35. The van der Waals surface area contributed by atoms with Gasteiger partial charge in [0.1, 0.15) is 0 Å². The van der Waals surface area contributed by atoms with Gasteiger partial charge in [-0.25, -0.2) is 0 Å². The smallest absolute Gasteiger partial charge is 0.0249 e. The van der Waals surface area contributed by atoms with E-state index < -0.39 is 0 Å². The van der Waals surface area contributed by atoms with Crippen LogP contribution in [-0.4, -0.2) is 0 Å². The molecule has 0 atom stereocenters. The van der Waals surface area contributed by atoms with Crippen LogP contribution in [0.3, 0.4) is 0 Å². The zero-order chi connectivity index (χ0) is 23.9. The van der Waals surface area contributed by atoms with E-state index in [2.05, 4.69) is 55.2 Å². The monoisotopic (exact) mass is 458 g/mol. The molecule has 0 radical (unpaired) electrons. The van der Waals surface area contributed by atoms with Crippen molar-refractivity contribution in [3.63, 3.8) is 0 Å². The molecule has 0 amide bonds. The third kappa shape index (κ3) is 15.0. The molecule has 0 nitrogen and oxygen atoms in total. The van der Waals surface area contributed by atoms with E-state index in [1.54, 1.807) is 0 Å². The molecule has 0 heterocycles. The van der Waals surface area contributed by atoms with Gasteiger partial charge in [0.05, 0.1) is 0 Å². The number of benzene rings is 2. The van der Waals surface area contributed by atoms with Crippen LogP contribution in [0.4, 0.5) is 0 Å². The molecule has 0 aliphatic rings. The highest BCUT2D eigenvalue weighted by atomic mass is 14.0. The summed E-state index contributed by atoms with van der Waals surface area (Å²) in [5, 5.41) is 0. The van der Waals surface area contributed by atoms with E-state index >= 15 is 0 Å². The fraction of sp³-hybridized carbons (Fsp3) is 0.588. The zero-order valence-electron chi connectivity index (χ0n) is 22.1. The fourth-order valence-electron chi connectivity index (χ4n) is 4.65. The zero-order valence-corrected chi connectivity index (χ0v) is 22.1. The SMILES string of the molecule is CCCCCCCCCCCCCCCCCCCCc1ccc(C#Cc2ccccc2)cc1. The van der Waals surface area contributed by atoms with Crippen LogP contribution in [0, 0.1) is 11.8 Å². The van der Waals surface area contributed by atoms with Crippen LogP contribution in [0.2, 0.25) is 0 Å². The highest BCUT2D eigenvalue weighted by Crippen LogP contribution is 2.15. The van der Waals surface area contributed by atoms with E-state index in [0.717, 1.165) is 11.1 Å². The normalized spacial score (nSPS) is 10.7. The van der Waals surface area contributed by atoms with Crippen molar-refractivity contribution in [1.82, 2.24) is 0 Å². The van der Waals surface area contributed by atoms with Crippen LogP contribution in [0.15, 0.2) is 54.6 Å². The Morgan fingerprint density at radius 1 is 0.412 bits per heavy atom. The van der Waals surface area contributed by atoms with Crippen molar-refractivity contribution in [2.45, 2.75) is 129 Å². The lowest BCUT2D eigenvalue weighted by Gasteiger charge is -2.04. The van der Waals surface area contributed by atoms with Crippen molar-refractivity contribution in [3.8, 4) is 11.8 Å². The minimum atomic E-state index is 1.07. The average Bonchev–Trinajstić information content (AvgIpc) is 2.88. The van der Waals surface area contributed by atoms with Crippen LogP contribution >= 0.6 is 0 Å². The van der Waals surface area contributed by atoms with E-state index in [4.69, 9.17) is 0 Å². The van der Waals surface area contributed by atoms with E-state index in [1.165, 1.54) is 128 Å². The predicted octanol–water partition coefficient (Wildman–Crippen LogP) is 10.7. The lowest BCUT2D eigenvalue weighted by molar-refractivity contribution is 0.525. The molecule has 0 aliphatic heterocycles. The Morgan fingerprint density at radius 3 is 1.24 bits per heavy atom. The third-order valence-electron chi connectivity index (χ3n) is 6.90. The molecule has 2 rings (SSSR count). The van der Waals surface area contributed by atoms with Gasteiger partial charge in [0, 0.05) is 11.1 Å². The lowest BCUT2D eigenvalue weighted by atomic mass is 10.0. The van der Waals surface area contributed by atoms with Crippen molar-refractivity contribution in [1.29, 1.82) is 0 Å². The molecule has 0 N–H and O–H groups in total. The molecule has 34 heavy (non-hydrogen) atoms. The van der Waals surface area contributed by atoms with Crippen LogP contribution in [-0.2, 0) is 6.42 Å². The van der Waals surface area contributed by atoms with Gasteiger partial charge in [-0.15, -0.1) is 0 Å². The molecule has 0 fully saturated rings. The Hall–Kier alpha value is -2.00. The highest BCUT2D eigenvalue weighted by molar-refractivity contribution is 5.43. The van der Waals surface area contributed by atoms with Crippen molar-refractivity contribution >= 4 is 0 Å². The Kier molecular flexibility index (Phi) is 16.9. The van der Waals surface area contributed by atoms with Crippen molar-refractivity contribution in [3.05, 3.63) is 71.3 Å². The molecule has 0 aliphatic carbocycles. The van der Waals surface area contributed by atoms with Gasteiger partial charge in [-0.1, -0.05) is 158 Å². The second-order valence-corrected chi connectivity index (χ2v) is 10.1. The van der Waals surface area contributed by atoms with E-state index in [1.807, 2.05) is 18.2 Å². The number of hydrogen-bond donors (Lipinski definition) is 0. The van der Waals surface area contributed by atoms with Gasteiger partial charge in [-0.2, -0.15) is 0 Å². The molecule has 0 spiro atoms. The first-order chi connectivity index (χ1) is 16.9. The molecule has 0 bridgehead atoms. The maximum absolute atomic E-state index is 3.27. The minimum absolute atomic E-state index is 1.07. The number of unbranched alkanes of at least 4 members (excludes halogenated alkanes) is 17. The first-order valence-corrected chi connectivity index (χ1v) is 14.5. The Labute approximate surface area is 212 Å². The van der Waals surface area contributed by atoms with Gasteiger partial charge in [0.15, 0.2) is 0 Å². The summed E-state index contributed by atoms with van der Waals surface area (Å²) < 4.78 is 0.